The molecule has 0 aliphatic carbocycles. The number of carbonyl (C=O) groups is 2. The van der Waals surface area contributed by atoms with Crippen LogP contribution in [0, 0.1) is 13.8 Å². The Bertz CT molecular complexity index is 799. The van der Waals surface area contributed by atoms with Crippen LogP contribution < -0.4 is 5.32 Å². The van der Waals surface area contributed by atoms with Crippen LogP contribution in [0.15, 0.2) is 42.5 Å². The normalized spacial score (nSPS) is 11.7. The first-order valence-electron chi connectivity index (χ1n) is 9.17. The second-order valence-corrected chi connectivity index (χ2v) is 7.23. The number of aryl methyl sites for hydroxylation is 2. The number of likely N-dealkylation sites (N-methyl/N-ethyl adjacent to an activating group) is 1. The van der Waals surface area contributed by atoms with Crippen LogP contribution in [0.5, 0.6) is 0 Å². The lowest BCUT2D eigenvalue weighted by atomic mass is 10.0. The third-order valence-corrected chi connectivity index (χ3v) is 4.94. The van der Waals surface area contributed by atoms with Gasteiger partial charge in [0.25, 0.3) is 0 Å². The van der Waals surface area contributed by atoms with E-state index in [0.29, 0.717) is 18.0 Å². The second kappa shape index (κ2) is 9.56. The van der Waals surface area contributed by atoms with Gasteiger partial charge in [0.1, 0.15) is 6.04 Å². The van der Waals surface area contributed by atoms with Crippen molar-refractivity contribution in [3.63, 3.8) is 0 Å². The quantitative estimate of drug-likeness (QED) is 0.780. The topological polar surface area (TPSA) is 49.4 Å². The van der Waals surface area contributed by atoms with Crippen molar-refractivity contribution in [3.05, 3.63) is 69.7 Å². The predicted molar refractivity (Wildman–Crippen MR) is 110 cm³/mol. The van der Waals surface area contributed by atoms with E-state index in [1.165, 1.54) is 0 Å². The average Bonchev–Trinajstić information content (AvgIpc) is 2.61. The molecule has 0 radical (unpaired) electrons. The first-order valence-corrected chi connectivity index (χ1v) is 9.55. The van der Waals surface area contributed by atoms with E-state index in [1.54, 1.807) is 18.0 Å². The van der Waals surface area contributed by atoms with E-state index in [1.807, 2.05) is 51.1 Å². The highest BCUT2D eigenvalue weighted by molar-refractivity contribution is 6.31. The maximum Gasteiger partial charge on any atom is 0.242 e. The fraction of sp³-hybridized carbons (Fsp3) is 0.364. The number of nitrogens with zero attached hydrogens (tertiary/aromatic N) is 1. The Morgan fingerprint density at radius 1 is 1.11 bits per heavy atom. The van der Waals surface area contributed by atoms with Gasteiger partial charge in [0.05, 0.1) is 6.42 Å². The van der Waals surface area contributed by atoms with Crippen LogP contribution >= 0.6 is 11.6 Å². The minimum absolute atomic E-state index is 0.0876. The number of hydrogen-bond acceptors (Lipinski definition) is 2. The number of halogens is 1. The summed E-state index contributed by atoms with van der Waals surface area (Å²) in [6, 6.07) is 13.0. The molecule has 5 heteroatoms. The Balaban J connectivity index is 2.33. The van der Waals surface area contributed by atoms with Gasteiger partial charge in [0.2, 0.25) is 11.8 Å². The molecule has 2 aromatic carbocycles. The molecule has 0 saturated heterocycles. The fourth-order valence-electron chi connectivity index (χ4n) is 3.34. The number of hydrogen-bond donors (Lipinski definition) is 1. The van der Waals surface area contributed by atoms with Crippen LogP contribution in [0.4, 0.5) is 0 Å². The predicted octanol–water partition coefficient (Wildman–Crippen LogP) is 4.05. The maximum absolute atomic E-state index is 13.2. The molecule has 0 unspecified atom stereocenters. The molecule has 1 atom stereocenters. The Morgan fingerprint density at radius 3 is 2.30 bits per heavy atom. The largest absolute Gasteiger partial charge is 0.357 e. The summed E-state index contributed by atoms with van der Waals surface area (Å²) < 4.78 is 0. The smallest absolute Gasteiger partial charge is 0.242 e. The van der Waals surface area contributed by atoms with E-state index in [4.69, 9.17) is 11.6 Å². The minimum atomic E-state index is -0.537. The van der Waals surface area contributed by atoms with Gasteiger partial charge < -0.3 is 10.2 Å². The highest BCUT2D eigenvalue weighted by Crippen LogP contribution is 2.21. The summed E-state index contributed by atoms with van der Waals surface area (Å²) in [4.78, 5) is 27.2. The Kier molecular flexibility index (Phi) is 7.43. The van der Waals surface area contributed by atoms with E-state index in [-0.39, 0.29) is 18.2 Å². The summed E-state index contributed by atoms with van der Waals surface area (Å²) in [6.07, 6.45) is 0.781. The van der Waals surface area contributed by atoms with Crippen molar-refractivity contribution in [1.29, 1.82) is 0 Å². The molecule has 0 aliphatic rings. The summed E-state index contributed by atoms with van der Waals surface area (Å²) in [6.45, 7) is 6.24. The lowest BCUT2D eigenvalue weighted by Crippen LogP contribution is -2.48. The van der Waals surface area contributed by atoms with Crippen LogP contribution in [0.25, 0.3) is 0 Å². The second-order valence-electron chi connectivity index (χ2n) is 6.82. The van der Waals surface area contributed by atoms with Gasteiger partial charge in [0, 0.05) is 18.6 Å². The van der Waals surface area contributed by atoms with Crippen molar-refractivity contribution in [1.82, 2.24) is 10.2 Å². The van der Waals surface area contributed by atoms with E-state index >= 15 is 0 Å². The van der Waals surface area contributed by atoms with Gasteiger partial charge in [-0.25, -0.2) is 0 Å². The van der Waals surface area contributed by atoms with Gasteiger partial charge in [-0.15, -0.1) is 0 Å². The van der Waals surface area contributed by atoms with Gasteiger partial charge in [-0.2, -0.15) is 0 Å². The lowest BCUT2D eigenvalue weighted by Gasteiger charge is -2.30. The van der Waals surface area contributed by atoms with Crippen LogP contribution in [0.3, 0.4) is 0 Å². The summed E-state index contributed by atoms with van der Waals surface area (Å²) in [5, 5.41) is 3.26. The third kappa shape index (κ3) is 5.57. The number of nitrogens with one attached hydrogen (secondary N) is 1. The molecular weight excluding hydrogens is 360 g/mol. The van der Waals surface area contributed by atoms with Gasteiger partial charge in [-0.3, -0.25) is 9.59 Å². The van der Waals surface area contributed by atoms with Crippen molar-refractivity contribution in [2.24, 2.45) is 0 Å². The first kappa shape index (κ1) is 21.0. The zero-order valence-corrected chi connectivity index (χ0v) is 17.1. The minimum Gasteiger partial charge on any atom is -0.357 e. The summed E-state index contributed by atoms with van der Waals surface area (Å²) in [5.74, 6) is -0.256. The standard InChI is InChI=1S/C22H27ClN2O2/c1-5-20(22(27)24-4)25(14-18-8-6-7-9-19(18)23)21(26)13-17-11-15(2)10-16(3)12-17/h6-12,20H,5,13-14H2,1-4H3,(H,24,27)/t20-/m0/s1. The Labute approximate surface area is 166 Å². The molecular formula is C22H27ClN2O2. The number of carbonyl (C=O) groups excluding carboxylic acids is 2. The summed E-state index contributed by atoms with van der Waals surface area (Å²) >= 11 is 6.30. The summed E-state index contributed by atoms with van der Waals surface area (Å²) in [7, 11) is 1.59. The fourth-order valence-corrected chi connectivity index (χ4v) is 3.54. The number of amides is 2. The van der Waals surface area contributed by atoms with Gasteiger partial charge in [0.15, 0.2) is 0 Å². The molecule has 0 bridgehead atoms. The highest BCUT2D eigenvalue weighted by atomic mass is 35.5. The van der Waals surface area contributed by atoms with Crippen molar-refractivity contribution in [2.75, 3.05) is 7.05 Å². The average molecular weight is 387 g/mol. The molecule has 2 amide bonds. The van der Waals surface area contributed by atoms with Crippen molar-refractivity contribution >= 4 is 23.4 Å². The molecule has 0 aromatic heterocycles. The molecule has 4 nitrogen and oxygen atoms in total. The molecule has 27 heavy (non-hydrogen) atoms. The van der Waals surface area contributed by atoms with E-state index in [2.05, 4.69) is 11.4 Å². The Hall–Kier alpha value is -2.33. The number of rotatable bonds is 7. The third-order valence-electron chi connectivity index (χ3n) is 4.57. The molecule has 0 saturated carbocycles. The highest BCUT2D eigenvalue weighted by Gasteiger charge is 2.28. The van der Waals surface area contributed by atoms with Crippen molar-refractivity contribution < 1.29 is 9.59 Å². The Morgan fingerprint density at radius 2 is 1.74 bits per heavy atom. The maximum atomic E-state index is 13.2. The van der Waals surface area contributed by atoms with Crippen LogP contribution in [-0.4, -0.2) is 29.8 Å². The van der Waals surface area contributed by atoms with Gasteiger partial charge in [-0.1, -0.05) is 66.0 Å². The van der Waals surface area contributed by atoms with Crippen LogP contribution in [0.1, 0.15) is 35.6 Å². The molecule has 0 fully saturated rings. The molecule has 144 valence electrons. The summed E-state index contributed by atoms with van der Waals surface area (Å²) in [5.41, 5.74) is 4.02. The SMILES string of the molecule is CC[C@@H](C(=O)NC)N(Cc1ccccc1Cl)C(=O)Cc1cc(C)cc(C)c1. The molecule has 2 rings (SSSR count). The molecule has 0 aliphatic heterocycles. The zero-order valence-electron chi connectivity index (χ0n) is 16.4. The molecule has 2 aromatic rings. The zero-order chi connectivity index (χ0) is 20.0. The molecule has 1 N–H and O–H groups in total. The number of benzene rings is 2. The molecule has 0 heterocycles. The van der Waals surface area contributed by atoms with Crippen LogP contribution in [0.2, 0.25) is 5.02 Å². The van der Waals surface area contributed by atoms with Gasteiger partial charge in [-0.05, 0) is 37.5 Å². The van der Waals surface area contributed by atoms with Crippen molar-refractivity contribution in [3.8, 4) is 0 Å². The first-order chi connectivity index (χ1) is 12.8. The van der Waals surface area contributed by atoms with E-state index in [9.17, 15) is 9.59 Å². The van der Waals surface area contributed by atoms with E-state index < -0.39 is 6.04 Å². The lowest BCUT2D eigenvalue weighted by molar-refractivity contribution is -0.140. The molecule has 0 spiro atoms. The van der Waals surface area contributed by atoms with Gasteiger partial charge >= 0.3 is 0 Å². The van der Waals surface area contributed by atoms with Crippen LogP contribution in [-0.2, 0) is 22.6 Å². The van der Waals surface area contributed by atoms with E-state index in [0.717, 1.165) is 22.3 Å². The van der Waals surface area contributed by atoms with Crippen molar-refractivity contribution in [2.45, 2.75) is 46.2 Å². The monoisotopic (exact) mass is 386 g/mol.